The summed E-state index contributed by atoms with van der Waals surface area (Å²) >= 11 is -0.616. The third-order valence-electron chi connectivity index (χ3n) is 5.56. The topological polar surface area (TPSA) is 0 Å². The number of aryl methyl sites for hydroxylation is 1. The molecule has 0 amide bonds. The molecule has 0 nitrogen and oxygen atoms in total. The minimum absolute atomic E-state index is 0. The Hall–Kier alpha value is -1.40. The molecule has 0 heterocycles. The van der Waals surface area contributed by atoms with Crippen molar-refractivity contribution in [3.63, 3.8) is 0 Å². The first-order valence-electron chi connectivity index (χ1n) is 9.95. The van der Waals surface area contributed by atoms with Crippen LogP contribution in [0.2, 0.25) is 0 Å². The Labute approximate surface area is 204 Å². The Balaban J connectivity index is 0.000000307. The summed E-state index contributed by atoms with van der Waals surface area (Å²) in [4.78, 5) is 0. The molecule has 0 N–H and O–H groups in total. The summed E-state index contributed by atoms with van der Waals surface area (Å²) in [5, 5.41) is 0. The van der Waals surface area contributed by atoms with Crippen LogP contribution in [-0.4, -0.2) is 0 Å². The molecule has 3 aromatic carbocycles. The second-order valence-electron chi connectivity index (χ2n) is 7.72. The number of halogens is 2. The van der Waals surface area contributed by atoms with Crippen molar-refractivity contribution in [1.29, 1.82) is 0 Å². The molecule has 2 aliphatic carbocycles. The van der Waals surface area contributed by atoms with Crippen LogP contribution in [-0.2, 0) is 23.2 Å². The molecule has 2 aliphatic rings. The van der Waals surface area contributed by atoms with Gasteiger partial charge in [0.1, 0.15) is 0 Å². The third kappa shape index (κ3) is 5.44. The van der Waals surface area contributed by atoms with Crippen molar-refractivity contribution >= 4 is 12.2 Å². The summed E-state index contributed by atoms with van der Waals surface area (Å²) in [6.07, 6.45) is 4.81. The van der Waals surface area contributed by atoms with Crippen LogP contribution in [0.25, 0.3) is 12.2 Å². The number of hydrogen-bond donors (Lipinski definition) is 0. The van der Waals surface area contributed by atoms with Gasteiger partial charge in [-0.3, -0.25) is 0 Å². The average Bonchev–Trinajstić information content (AvgIpc) is 3.20. The normalized spacial score (nSPS) is 17.6. The third-order valence-corrected chi connectivity index (χ3v) is 11.0. The minimum Gasteiger partial charge on any atom is -1.00 e. The van der Waals surface area contributed by atoms with Crippen LogP contribution in [0, 0.1) is 6.92 Å². The fraction of sp³-hybridized carbons (Fsp3) is 0.185. The van der Waals surface area contributed by atoms with Gasteiger partial charge in [-0.05, 0) is 6.92 Å². The summed E-state index contributed by atoms with van der Waals surface area (Å²) in [6, 6.07) is 28.2. The first kappa shape index (κ1) is 24.9. The van der Waals surface area contributed by atoms with Gasteiger partial charge in [0.05, 0.1) is 0 Å². The van der Waals surface area contributed by atoms with E-state index in [4.69, 9.17) is 0 Å². The molecule has 2 atom stereocenters. The molecule has 0 radical (unpaired) electrons. The van der Waals surface area contributed by atoms with E-state index < -0.39 is 23.2 Å². The van der Waals surface area contributed by atoms with E-state index in [1.54, 1.807) is 22.3 Å². The Morgan fingerprint density at radius 1 is 0.533 bits per heavy atom. The molecule has 0 fully saturated rings. The monoisotopic (exact) mass is 510 g/mol. The van der Waals surface area contributed by atoms with E-state index in [9.17, 15) is 0 Å². The summed E-state index contributed by atoms with van der Waals surface area (Å²) in [6.45, 7) is 6.73. The summed E-state index contributed by atoms with van der Waals surface area (Å²) in [5.74, 6) is 0. The quantitative estimate of drug-likeness (QED) is 0.487. The molecule has 0 saturated carbocycles. The molecule has 2 unspecified atom stereocenters. The maximum Gasteiger partial charge on any atom is -0.0398 e. The fourth-order valence-corrected chi connectivity index (χ4v) is 8.80. The van der Waals surface area contributed by atoms with E-state index in [1.807, 2.05) is 18.2 Å². The van der Waals surface area contributed by atoms with Crippen LogP contribution < -0.4 is 24.8 Å². The van der Waals surface area contributed by atoms with Gasteiger partial charge in [-0.1, -0.05) is 35.9 Å². The standard InChI is InChI=1S/2C10H9.C7H8.2ClH.Zr/c2*1-8-6-9-4-2-3-5-10(9)7-8;1-7-5-3-2-4-6-7;;;/h2*2-7H,1H3;2-6H,1H3;2*1H;/q;;;;;+2/p-2. The molecular formula is C27H26Cl2Zr. The van der Waals surface area contributed by atoms with Gasteiger partial charge in [0, 0.05) is 0 Å². The zero-order valence-corrected chi connectivity index (χ0v) is 21.5. The first-order valence-corrected chi connectivity index (χ1v) is 12.8. The predicted octanol–water partition coefficient (Wildman–Crippen LogP) is 1.39. The molecule has 5 rings (SSSR count). The van der Waals surface area contributed by atoms with Crippen LogP contribution in [0.3, 0.4) is 0 Å². The number of fused-ring (bicyclic) bond motifs is 2. The van der Waals surface area contributed by atoms with Crippen molar-refractivity contribution in [3.8, 4) is 0 Å². The van der Waals surface area contributed by atoms with Gasteiger partial charge in [0.25, 0.3) is 0 Å². The van der Waals surface area contributed by atoms with Crippen molar-refractivity contribution in [2.75, 3.05) is 0 Å². The van der Waals surface area contributed by atoms with Crippen molar-refractivity contribution in [2.24, 2.45) is 0 Å². The van der Waals surface area contributed by atoms with Gasteiger partial charge in [0.2, 0.25) is 0 Å². The fourth-order valence-electron chi connectivity index (χ4n) is 4.10. The van der Waals surface area contributed by atoms with Crippen molar-refractivity contribution in [2.45, 2.75) is 28.0 Å². The molecule has 0 spiro atoms. The van der Waals surface area contributed by atoms with Crippen LogP contribution in [0.15, 0.2) is 90.0 Å². The van der Waals surface area contributed by atoms with E-state index >= 15 is 0 Å². The van der Waals surface area contributed by atoms with Crippen molar-refractivity contribution in [1.82, 2.24) is 0 Å². The van der Waals surface area contributed by atoms with Crippen LogP contribution in [0.5, 0.6) is 0 Å². The molecule has 3 aromatic rings. The van der Waals surface area contributed by atoms with Crippen molar-refractivity contribution in [3.05, 3.63) is 118 Å². The summed E-state index contributed by atoms with van der Waals surface area (Å²) in [7, 11) is 0. The molecule has 152 valence electrons. The second kappa shape index (κ2) is 11.3. The van der Waals surface area contributed by atoms with E-state index in [1.165, 1.54) is 16.7 Å². The maximum atomic E-state index is 2.40. The molecule has 0 saturated heterocycles. The Morgan fingerprint density at radius 2 is 0.933 bits per heavy atom. The second-order valence-corrected chi connectivity index (χ2v) is 11.4. The number of hydrogen-bond acceptors (Lipinski definition) is 0. The van der Waals surface area contributed by atoms with Gasteiger partial charge >= 0.3 is 138 Å². The van der Waals surface area contributed by atoms with Gasteiger partial charge in [-0.15, -0.1) is 0 Å². The Kier molecular flexibility index (Phi) is 9.36. The largest absolute Gasteiger partial charge is 1.00 e. The summed E-state index contributed by atoms with van der Waals surface area (Å²) < 4.78 is 1.48. The minimum atomic E-state index is -0.616. The molecule has 0 aromatic heterocycles. The van der Waals surface area contributed by atoms with E-state index in [0.717, 1.165) is 7.25 Å². The SMILES string of the molecule is CC1=Cc2ccccc2[CH]1[Zr+2][CH]1C(C)=Cc2ccccc21.Cc1ccccc1.[Cl-].[Cl-]. The van der Waals surface area contributed by atoms with Crippen LogP contribution in [0.4, 0.5) is 0 Å². The van der Waals surface area contributed by atoms with Crippen molar-refractivity contribution < 1.29 is 48.0 Å². The number of allylic oxidation sites excluding steroid dienone is 2. The predicted molar refractivity (Wildman–Crippen MR) is 117 cm³/mol. The Bertz CT molecular complexity index is 972. The van der Waals surface area contributed by atoms with E-state index in [0.29, 0.717) is 0 Å². The smallest absolute Gasteiger partial charge is 0.0398 e. The Morgan fingerprint density at radius 3 is 1.33 bits per heavy atom. The van der Waals surface area contributed by atoms with Gasteiger partial charge in [-0.25, -0.2) is 0 Å². The van der Waals surface area contributed by atoms with E-state index in [-0.39, 0.29) is 24.8 Å². The summed E-state index contributed by atoms with van der Waals surface area (Å²) in [5.41, 5.74) is 10.6. The molecular weight excluding hydrogens is 486 g/mol. The first-order chi connectivity index (χ1) is 13.6. The maximum absolute atomic E-state index is 2.40. The number of benzene rings is 3. The van der Waals surface area contributed by atoms with Gasteiger partial charge < -0.3 is 24.8 Å². The van der Waals surface area contributed by atoms with Crippen LogP contribution >= 0.6 is 0 Å². The number of rotatable bonds is 2. The molecule has 3 heteroatoms. The molecule has 0 bridgehead atoms. The van der Waals surface area contributed by atoms with Gasteiger partial charge in [-0.2, -0.15) is 0 Å². The zero-order chi connectivity index (χ0) is 19.5. The average molecular weight is 513 g/mol. The van der Waals surface area contributed by atoms with E-state index in [2.05, 4.69) is 93.6 Å². The molecule has 30 heavy (non-hydrogen) atoms. The van der Waals surface area contributed by atoms with Gasteiger partial charge in [0.15, 0.2) is 0 Å². The molecule has 0 aliphatic heterocycles. The zero-order valence-electron chi connectivity index (χ0n) is 17.6. The van der Waals surface area contributed by atoms with Crippen LogP contribution in [0.1, 0.15) is 48.9 Å².